The summed E-state index contributed by atoms with van der Waals surface area (Å²) in [5, 5.41) is -0.228. The van der Waals surface area contributed by atoms with Crippen molar-refractivity contribution in [3.05, 3.63) is 46.8 Å². The fourth-order valence-electron chi connectivity index (χ4n) is 1.48. The average Bonchev–Trinajstić information content (AvgIpc) is 2.41. The molecule has 0 saturated heterocycles. The Labute approximate surface area is 133 Å². The van der Waals surface area contributed by atoms with E-state index in [0.717, 1.165) is 12.1 Å². The highest BCUT2D eigenvalue weighted by Crippen LogP contribution is 2.23. The van der Waals surface area contributed by atoms with Crippen molar-refractivity contribution in [1.82, 2.24) is 4.98 Å². The second-order valence-electron chi connectivity index (χ2n) is 3.99. The first-order valence-corrected chi connectivity index (χ1v) is 7.97. The van der Waals surface area contributed by atoms with Gasteiger partial charge < -0.3 is 10.5 Å². The lowest BCUT2D eigenvalue weighted by atomic mass is 10.3. The Morgan fingerprint density at radius 1 is 1.32 bits per heavy atom. The first kappa shape index (κ1) is 16.2. The van der Waals surface area contributed by atoms with Gasteiger partial charge in [0.05, 0.1) is 5.69 Å². The second kappa shape index (κ2) is 6.28. The Morgan fingerprint density at radius 3 is 2.59 bits per heavy atom. The number of halogens is 2. The Morgan fingerprint density at radius 2 is 2.05 bits per heavy atom. The molecular formula is C12H9BrFN3O4S. The Balaban J connectivity index is 2.24. The van der Waals surface area contributed by atoms with Crippen LogP contribution >= 0.6 is 15.9 Å². The van der Waals surface area contributed by atoms with Gasteiger partial charge in [-0.1, -0.05) is 0 Å². The van der Waals surface area contributed by atoms with Crippen LogP contribution in [0.3, 0.4) is 0 Å². The highest BCUT2D eigenvalue weighted by molar-refractivity contribution is 9.10. The second-order valence-corrected chi connectivity index (χ2v) is 6.53. The van der Waals surface area contributed by atoms with Crippen molar-refractivity contribution in [3.8, 4) is 5.75 Å². The van der Waals surface area contributed by atoms with Crippen molar-refractivity contribution in [3.63, 3.8) is 0 Å². The molecule has 1 aromatic carbocycles. The summed E-state index contributed by atoms with van der Waals surface area (Å²) >= 11 is 3.14. The van der Waals surface area contributed by atoms with E-state index >= 15 is 0 Å². The molecule has 22 heavy (non-hydrogen) atoms. The van der Waals surface area contributed by atoms with Crippen LogP contribution in [-0.2, 0) is 10.0 Å². The lowest BCUT2D eigenvalue weighted by Gasteiger charge is -2.09. The van der Waals surface area contributed by atoms with Crippen molar-refractivity contribution < 1.29 is 22.3 Å². The van der Waals surface area contributed by atoms with Crippen molar-refractivity contribution in [2.75, 3.05) is 4.72 Å². The van der Waals surface area contributed by atoms with E-state index in [1.807, 2.05) is 0 Å². The Kier molecular flexibility index (Phi) is 4.62. The normalized spacial score (nSPS) is 11.0. The third-order valence-electron chi connectivity index (χ3n) is 2.37. The van der Waals surface area contributed by atoms with Crippen LogP contribution in [0.4, 0.5) is 14.9 Å². The molecule has 0 aliphatic rings. The smallest absolute Gasteiger partial charge is 0.407 e. The molecule has 0 aliphatic heterocycles. The number of amides is 1. The minimum Gasteiger partial charge on any atom is -0.407 e. The number of ether oxygens (including phenoxy) is 1. The van der Waals surface area contributed by atoms with E-state index in [-0.39, 0.29) is 10.7 Å². The molecule has 0 bridgehead atoms. The summed E-state index contributed by atoms with van der Waals surface area (Å²) in [5.74, 6) is -1.35. The highest BCUT2D eigenvalue weighted by Gasteiger charge is 2.17. The molecule has 1 heterocycles. The van der Waals surface area contributed by atoms with E-state index in [0.29, 0.717) is 4.47 Å². The third-order valence-corrected chi connectivity index (χ3v) is 4.14. The van der Waals surface area contributed by atoms with E-state index in [4.69, 9.17) is 5.73 Å². The average molecular weight is 390 g/mol. The molecule has 0 saturated carbocycles. The molecule has 0 aliphatic carbocycles. The number of primary amides is 1. The van der Waals surface area contributed by atoms with Gasteiger partial charge in [0.1, 0.15) is 0 Å². The van der Waals surface area contributed by atoms with Gasteiger partial charge in [0, 0.05) is 16.7 Å². The number of sulfonamides is 1. The predicted octanol–water partition coefficient (Wildman–Crippen LogP) is 2.24. The van der Waals surface area contributed by atoms with Crippen molar-refractivity contribution >= 4 is 37.7 Å². The monoisotopic (exact) mass is 389 g/mol. The SMILES string of the molecule is NC(=O)Oc1ccc(NS(=O)(=O)c2ccc(Br)cn2)cc1F. The van der Waals surface area contributed by atoms with E-state index in [1.54, 1.807) is 0 Å². The molecule has 3 N–H and O–H groups in total. The third kappa shape index (κ3) is 3.92. The minimum atomic E-state index is -3.96. The number of benzene rings is 1. The lowest BCUT2D eigenvalue weighted by Crippen LogP contribution is -2.17. The Bertz CT molecular complexity index is 812. The topological polar surface area (TPSA) is 111 Å². The molecule has 116 valence electrons. The molecule has 0 spiro atoms. The van der Waals surface area contributed by atoms with Gasteiger partial charge in [-0.3, -0.25) is 4.72 Å². The zero-order chi connectivity index (χ0) is 16.3. The molecule has 2 rings (SSSR count). The van der Waals surface area contributed by atoms with Gasteiger partial charge in [-0.15, -0.1) is 0 Å². The number of hydrogen-bond donors (Lipinski definition) is 2. The summed E-state index contributed by atoms with van der Waals surface area (Å²) in [6.07, 6.45) is 0.144. The summed E-state index contributed by atoms with van der Waals surface area (Å²) in [7, 11) is -3.96. The number of anilines is 1. The van der Waals surface area contributed by atoms with Crippen LogP contribution in [0, 0.1) is 5.82 Å². The summed E-state index contributed by atoms with van der Waals surface area (Å²) in [4.78, 5) is 14.3. The van der Waals surface area contributed by atoms with E-state index in [1.165, 1.54) is 24.4 Å². The number of carbonyl (C=O) groups is 1. The molecule has 0 atom stereocenters. The fraction of sp³-hybridized carbons (Fsp3) is 0. The number of aromatic nitrogens is 1. The van der Waals surface area contributed by atoms with E-state index in [2.05, 4.69) is 30.4 Å². The Hall–Kier alpha value is -2.20. The van der Waals surface area contributed by atoms with Crippen LogP contribution in [0.1, 0.15) is 0 Å². The molecule has 7 nitrogen and oxygen atoms in total. The van der Waals surface area contributed by atoms with E-state index < -0.39 is 27.7 Å². The fourth-order valence-corrected chi connectivity index (χ4v) is 2.70. The van der Waals surface area contributed by atoms with Gasteiger partial charge in [-0.05, 0) is 40.2 Å². The molecule has 0 unspecified atom stereocenters. The number of rotatable bonds is 4. The molecule has 1 aromatic heterocycles. The van der Waals surface area contributed by atoms with Crippen molar-refractivity contribution in [2.45, 2.75) is 5.03 Å². The van der Waals surface area contributed by atoms with Crippen LogP contribution in [0.25, 0.3) is 0 Å². The van der Waals surface area contributed by atoms with Gasteiger partial charge in [0.15, 0.2) is 16.6 Å². The molecular weight excluding hydrogens is 381 g/mol. The zero-order valence-corrected chi connectivity index (χ0v) is 13.2. The quantitative estimate of drug-likeness (QED) is 0.832. The zero-order valence-electron chi connectivity index (χ0n) is 10.8. The summed E-state index contributed by atoms with van der Waals surface area (Å²) in [6, 6.07) is 5.94. The summed E-state index contributed by atoms with van der Waals surface area (Å²) in [5.41, 5.74) is 4.71. The molecule has 0 fully saturated rings. The number of pyridine rings is 1. The van der Waals surface area contributed by atoms with Crippen LogP contribution in [-0.4, -0.2) is 19.5 Å². The van der Waals surface area contributed by atoms with E-state index in [9.17, 15) is 17.6 Å². The number of hydrogen-bond acceptors (Lipinski definition) is 5. The maximum Gasteiger partial charge on any atom is 0.410 e. The van der Waals surface area contributed by atoms with Crippen LogP contribution in [0.15, 0.2) is 46.0 Å². The van der Waals surface area contributed by atoms with Crippen LogP contribution in [0.5, 0.6) is 5.75 Å². The number of nitrogens with one attached hydrogen (secondary N) is 1. The summed E-state index contributed by atoms with van der Waals surface area (Å²) < 4.78 is 45.0. The minimum absolute atomic E-state index is 0.0564. The van der Waals surface area contributed by atoms with Crippen LogP contribution in [0.2, 0.25) is 0 Å². The van der Waals surface area contributed by atoms with Gasteiger partial charge in [-0.25, -0.2) is 14.2 Å². The predicted molar refractivity (Wildman–Crippen MR) is 79.4 cm³/mol. The largest absolute Gasteiger partial charge is 0.410 e. The summed E-state index contributed by atoms with van der Waals surface area (Å²) in [6.45, 7) is 0. The number of nitrogens with zero attached hydrogens (tertiary/aromatic N) is 1. The molecule has 10 heteroatoms. The standard InChI is InChI=1S/C12H9BrFN3O4S/c13-7-1-4-11(16-6-7)22(19,20)17-8-2-3-10(9(14)5-8)21-12(15)18/h1-6,17H,(H2,15,18). The van der Waals surface area contributed by atoms with Crippen molar-refractivity contribution in [1.29, 1.82) is 0 Å². The maximum atomic E-state index is 13.7. The number of nitrogens with two attached hydrogens (primary N) is 1. The van der Waals surface area contributed by atoms with Crippen molar-refractivity contribution in [2.24, 2.45) is 5.73 Å². The van der Waals surface area contributed by atoms with Gasteiger partial charge in [0.2, 0.25) is 0 Å². The number of carbonyl (C=O) groups excluding carboxylic acids is 1. The van der Waals surface area contributed by atoms with Gasteiger partial charge >= 0.3 is 6.09 Å². The van der Waals surface area contributed by atoms with Crippen LogP contribution < -0.4 is 15.2 Å². The van der Waals surface area contributed by atoms with Gasteiger partial charge in [0.25, 0.3) is 10.0 Å². The molecule has 1 amide bonds. The lowest BCUT2D eigenvalue weighted by molar-refractivity contribution is 0.208. The molecule has 2 aromatic rings. The maximum absolute atomic E-state index is 13.7. The molecule has 0 radical (unpaired) electrons. The first-order valence-electron chi connectivity index (χ1n) is 5.69. The highest BCUT2D eigenvalue weighted by atomic mass is 79.9. The van der Waals surface area contributed by atoms with Gasteiger partial charge in [-0.2, -0.15) is 8.42 Å². The first-order chi connectivity index (χ1) is 10.3.